The molecule has 1 aliphatic heterocycles. The maximum absolute atomic E-state index is 14.5. The van der Waals surface area contributed by atoms with Gasteiger partial charge in [-0.1, -0.05) is 65.5 Å². The van der Waals surface area contributed by atoms with E-state index in [4.69, 9.17) is 14.2 Å². The molecule has 11 atom stereocenters. The van der Waals surface area contributed by atoms with E-state index in [0.29, 0.717) is 37.0 Å². The van der Waals surface area contributed by atoms with Gasteiger partial charge in [0.1, 0.15) is 29.4 Å². The first-order valence-corrected chi connectivity index (χ1v) is 28.8. The third-order valence-corrected chi connectivity index (χ3v) is 17.5. The third kappa shape index (κ3) is 16.6. The van der Waals surface area contributed by atoms with Crippen molar-refractivity contribution >= 4 is 36.0 Å². The number of alkyl carbamates (subject to hydrolysis) is 3. The number of carbonyl (C=O) groups is 6. The van der Waals surface area contributed by atoms with Crippen LogP contribution in [0.3, 0.4) is 0 Å². The lowest BCUT2D eigenvalue weighted by atomic mass is 9.47. The van der Waals surface area contributed by atoms with E-state index in [2.05, 4.69) is 77.2 Å². The summed E-state index contributed by atoms with van der Waals surface area (Å²) < 4.78 is 16.9. The highest BCUT2D eigenvalue weighted by atomic mass is 16.6. The fourth-order valence-corrected chi connectivity index (χ4v) is 13.9. The number of fused-ring (bicyclic) bond motifs is 5. The minimum absolute atomic E-state index is 0.0388. The number of nitrogens with zero attached hydrogens (tertiary/aromatic N) is 2. The van der Waals surface area contributed by atoms with E-state index in [0.717, 1.165) is 61.0 Å². The van der Waals surface area contributed by atoms with E-state index in [-0.39, 0.29) is 68.8 Å². The summed E-state index contributed by atoms with van der Waals surface area (Å²) in [4.78, 5) is 88.6. The zero-order valence-electron chi connectivity index (χ0n) is 47.6. The number of ether oxygens (including phenoxy) is 3. The number of aromatic amines is 1. The van der Waals surface area contributed by atoms with Crippen LogP contribution in [0.5, 0.6) is 0 Å². The van der Waals surface area contributed by atoms with Gasteiger partial charge in [-0.2, -0.15) is 0 Å². The highest BCUT2D eigenvalue weighted by molar-refractivity contribution is 5.92. The van der Waals surface area contributed by atoms with Crippen molar-refractivity contribution in [2.45, 2.75) is 227 Å². The number of H-pyrrole nitrogens is 1. The fraction of sp³-hybridized carbons (Fsp3) is 0.810. The molecule has 75 heavy (non-hydrogen) atoms. The summed E-state index contributed by atoms with van der Waals surface area (Å²) in [6.45, 7) is 23.7. The Kier molecular flexibility index (Phi) is 20.6. The largest absolute Gasteiger partial charge is 0.446 e. The van der Waals surface area contributed by atoms with Gasteiger partial charge in [-0.3, -0.25) is 14.4 Å². The third-order valence-electron chi connectivity index (χ3n) is 17.5. The van der Waals surface area contributed by atoms with Crippen molar-refractivity contribution in [1.29, 1.82) is 0 Å². The van der Waals surface area contributed by atoms with Crippen molar-refractivity contribution in [3.05, 3.63) is 29.9 Å². The lowest BCUT2D eigenvalue weighted by Gasteiger charge is -2.58. The van der Waals surface area contributed by atoms with Gasteiger partial charge in [-0.25, -0.2) is 19.4 Å². The van der Waals surface area contributed by atoms with Crippen LogP contribution in [0.4, 0.5) is 14.4 Å². The number of amides is 6. The number of hydrogen-bond donors (Lipinski definition) is 6. The smallest absolute Gasteiger partial charge is 0.408 e. The summed E-state index contributed by atoms with van der Waals surface area (Å²) in [5.74, 6) is 3.49. The van der Waals surface area contributed by atoms with Crippen LogP contribution in [0.25, 0.3) is 0 Å². The molecule has 0 spiro atoms. The number of rotatable bonds is 22. The second-order valence-electron chi connectivity index (χ2n) is 25.8. The average molecular weight is 1050 g/mol. The average Bonchev–Trinajstić information content (AvgIpc) is 4.08. The summed E-state index contributed by atoms with van der Waals surface area (Å²) in [5.41, 5.74) is 1.43. The van der Waals surface area contributed by atoms with Crippen molar-refractivity contribution in [1.82, 2.24) is 41.5 Å². The van der Waals surface area contributed by atoms with Crippen LogP contribution < -0.4 is 26.6 Å². The second-order valence-corrected chi connectivity index (χ2v) is 25.8. The first-order chi connectivity index (χ1) is 35.3. The number of nitrogens with one attached hydrogen (secondary N) is 6. The molecule has 4 fully saturated rings. The Morgan fingerprint density at radius 3 is 2.23 bits per heavy atom. The minimum atomic E-state index is -1.06. The van der Waals surface area contributed by atoms with E-state index in [9.17, 15) is 28.8 Å². The summed E-state index contributed by atoms with van der Waals surface area (Å²) in [6.07, 6.45) is 19.3. The molecule has 1 saturated heterocycles. The molecular formula is C58H96N8O9. The summed E-state index contributed by atoms with van der Waals surface area (Å²) >= 11 is 0. The molecular weight excluding hydrogens is 953 g/mol. The molecule has 4 unspecified atom stereocenters. The van der Waals surface area contributed by atoms with Gasteiger partial charge < -0.3 is 50.7 Å². The molecule has 17 nitrogen and oxygen atoms in total. The molecule has 3 saturated carbocycles. The van der Waals surface area contributed by atoms with Gasteiger partial charge in [0.25, 0.3) is 0 Å². The summed E-state index contributed by atoms with van der Waals surface area (Å²) in [6, 6.07) is -2.54. The Balaban J connectivity index is 0.981. The van der Waals surface area contributed by atoms with E-state index in [1.807, 2.05) is 0 Å². The number of unbranched alkanes of at least 4 members (excludes halogenated alkanes) is 1. The Morgan fingerprint density at radius 1 is 0.800 bits per heavy atom. The van der Waals surface area contributed by atoms with Crippen molar-refractivity contribution in [3.8, 4) is 0 Å². The molecule has 5 aliphatic rings. The predicted octanol–water partition coefficient (Wildman–Crippen LogP) is 9.66. The van der Waals surface area contributed by atoms with Gasteiger partial charge in [0.15, 0.2) is 0 Å². The topological polar surface area (TPSA) is 222 Å². The van der Waals surface area contributed by atoms with Gasteiger partial charge in [0.05, 0.1) is 6.33 Å². The predicted molar refractivity (Wildman–Crippen MR) is 289 cm³/mol. The zero-order valence-corrected chi connectivity index (χ0v) is 47.6. The SMILES string of the molecule is CC(C)CCC[C@@H](C)[C@H]1CCC2C3CC=C4CC(OC(=O)NCCCC(=O)N[C@H]5C[C@@H](C(=O)NCCc6cnc[nH]6)N(C(=O)[C@@H](CCCCNC(=O)OC(C)(C)C)NC(=O)OC(C)(C)C)C5)CC[C@]4(C)C3CC[C@@]21C. The van der Waals surface area contributed by atoms with E-state index in [1.165, 1.54) is 55.4 Å². The lowest BCUT2D eigenvalue weighted by Crippen LogP contribution is -2.54. The van der Waals surface area contributed by atoms with Crippen LogP contribution in [-0.4, -0.2) is 112 Å². The normalized spacial score (nSPS) is 28.1. The maximum atomic E-state index is 14.5. The standard InChI is InChI=1S/C58H96N8O9/c1-37(2)16-14-17-38(3)44-22-23-45-43-21-20-39-32-42(24-27-57(39,10)46(43)25-28-58(44,45)11)73-52(70)61-30-15-19-49(67)64-41-33-48(50(68)60-31-26-40-34-59-36-63-40)66(35-41)51(69)47(65-54(72)75-56(7,8)9)18-12-13-29-62-53(71)74-55(4,5)6/h20,34,36-38,41-48H,12-19,21-33,35H2,1-11H3,(H,59,63)(H,60,68)(H,61,70)(H,62,71)(H,64,67)(H,65,72)/t38-,41+,42?,43?,44-,45?,46?,47-,48+,57+,58-/m1/s1. The highest BCUT2D eigenvalue weighted by Crippen LogP contribution is 2.67. The molecule has 6 amide bonds. The van der Waals surface area contributed by atoms with Crippen molar-refractivity contribution < 1.29 is 43.0 Å². The molecule has 0 bridgehead atoms. The molecule has 1 aromatic heterocycles. The first kappa shape index (κ1) is 59.4. The van der Waals surface area contributed by atoms with Gasteiger partial charge in [0, 0.05) is 63.4 Å². The van der Waals surface area contributed by atoms with Crippen molar-refractivity contribution in [2.24, 2.45) is 46.3 Å². The number of hydrogen-bond acceptors (Lipinski definition) is 10. The molecule has 422 valence electrons. The summed E-state index contributed by atoms with van der Waals surface area (Å²) in [5, 5.41) is 14.3. The van der Waals surface area contributed by atoms with Crippen molar-refractivity contribution in [2.75, 3.05) is 26.2 Å². The molecule has 6 rings (SSSR count). The fourth-order valence-electron chi connectivity index (χ4n) is 13.9. The molecule has 1 aromatic rings. The maximum Gasteiger partial charge on any atom is 0.408 e. The number of allylic oxidation sites excluding steroid dienone is 1. The van der Waals surface area contributed by atoms with Crippen LogP contribution in [0.1, 0.15) is 191 Å². The van der Waals surface area contributed by atoms with Gasteiger partial charge in [-0.05, 0) is 165 Å². The molecule has 17 heteroatoms. The van der Waals surface area contributed by atoms with Crippen molar-refractivity contribution in [3.63, 3.8) is 0 Å². The quantitative estimate of drug-likeness (QED) is 0.0367. The Morgan fingerprint density at radius 2 is 1.52 bits per heavy atom. The van der Waals surface area contributed by atoms with Crippen LogP contribution in [-0.2, 0) is 35.0 Å². The van der Waals surface area contributed by atoms with Gasteiger partial charge in [0.2, 0.25) is 17.7 Å². The van der Waals surface area contributed by atoms with Gasteiger partial charge >= 0.3 is 18.3 Å². The summed E-state index contributed by atoms with van der Waals surface area (Å²) in [7, 11) is 0. The van der Waals surface area contributed by atoms with E-state index in [1.54, 1.807) is 54.1 Å². The molecule has 0 aromatic carbocycles. The number of carbonyl (C=O) groups excluding carboxylic acids is 6. The zero-order chi connectivity index (χ0) is 54.7. The lowest BCUT2D eigenvalue weighted by molar-refractivity contribution is -0.140. The number of aromatic nitrogens is 2. The number of imidazole rings is 1. The van der Waals surface area contributed by atoms with Crippen LogP contribution in [0.2, 0.25) is 0 Å². The monoisotopic (exact) mass is 1050 g/mol. The Bertz CT molecular complexity index is 2120. The van der Waals surface area contributed by atoms with Crippen LogP contribution >= 0.6 is 0 Å². The van der Waals surface area contributed by atoms with Crippen LogP contribution in [0.15, 0.2) is 24.2 Å². The Hall–Kier alpha value is -4.83. The van der Waals surface area contributed by atoms with Crippen LogP contribution in [0, 0.1) is 46.3 Å². The van der Waals surface area contributed by atoms with E-state index < -0.39 is 53.5 Å². The Labute approximate surface area is 448 Å². The first-order valence-electron chi connectivity index (χ1n) is 28.8. The molecule has 6 N–H and O–H groups in total. The molecule has 4 aliphatic carbocycles. The minimum Gasteiger partial charge on any atom is -0.446 e. The number of likely N-dealkylation sites (tertiary alicyclic amines) is 1. The second kappa shape index (κ2) is 26.0. The molecule has 0 radical (unpaired) electrons. The van der Waals surface area contributed by atoms with E-state index >= 15 is 0 Å². The molecule has 2 heterocycles. The van der Waals surface area contributed by atoms with Gasteiger partial charge in [-0.15, -0.1) is 0 Å². The highest BCUT2D eigenvalue weighted by Gasteiger charge is 2.59.